The number of nitrogens with one attached hydrogen (secondary N) is 1. The highest BCUT2D eigenvalue weighted by atomic mass is 32.2. The lowest BCUT2D eigenvalue weighted by Crippen LogP contribution is -2.37. The van der Waals surface area contributed by atoms with Crippen LogP contribution >= 0.6 is 0 Å². The molecule has 1 aromatic rings. The number of benzene rings is 1. The van der Waals surface area contributed by atoms with Gasteiger partial charge in [0.25, 0.3) is 0 Å². The molecule has 0 aliphatic heterocycles. The number of hydrogen-bond acceptors (Lipinski definition) is 5. The number of nitrogens with zero attached hydrogens (tertiary/aromatic N) is 1. The van der Waals surface area contributed by atoms with Crippen LogP contribution < -0.4 is 11.1 Å². The Bertz CT molecular complexity index is 573. The summed E-state index contributed by atoms with van der Waals surface area (Å²) in [7, 11) is -1.64. The molecular formula is C14H23N3O3S. The number of rotatable bonds is 8. The molecule has 1 amide bonds. The number of amides is 1. The molecule has 0 saturated carbocycles. The van der Waals surface area contributed by atoms with E-state index < -0.39 is 9.84 Å². The molecule has 6 nitrogen and oxygen atoms in total. The highest BCUT2D eigenvalue weighted by Crippen LogP contribution is 2.13. The second-order valence-electron chi connectivity index (χ2n) is 4.86. The third kappa shape index (κ3) is 5.82. The van der Waals surface area contributed by atoms with Crippen molar-refractivity contribution in [2.24, 2.45) is 5.73 Å². The van der Waals surface area contributed by atoms with Crippen molar-refractivity contribution in [3.63, 3.8) is 0 Å². The maximum Gasteiger partial charge on any atom is 0.234 e. The number of carbonyl (C=O) groups excluding carboxylic acids is 1. The van der Waals surface area contributed by atoms with Gasteiger partial charge >= 0.3 is 0 Å². The number of nitrogens with two attached hydrogens (primary N) is 1. The highest BCUT2D eigenvalue weighted by Gasteiger charge is 2.16. The van der Waals surface area contributed by atoms with Gasteiger partial charge in [-0.1, -0.05) is 12.1 Å². The SMILES string of the molecule is CCNC(=O)CN(C)CCS(=O)(=O)c1cccc(CN)c1. The van der Waals surface area contributed by atoms with Crippen LogP contribution in [0.4, 0.5) is 0 Å². The fourth-order valence-corrected chi connectivity index (χ4v) is 3.24. The zero-order valence-corrected chi connectivity index (χ0v) is 13.3. The summed E-state index contributed by atoms with van der Waals surface area (Å²) < 4.78 is 24.5. The maximum atomic E-state index is 12.2. The zero-order valence-electron chi connectivity index (χ0n) is 12.5. The first-order chi connectivity index (χ1) is 9.89. The minimum absolute atomic E-state index is 0.0308. The van der Waals surface area contributed by atoms with Crippen LogP contribution in [-0.4, -0.2) is 51.7 Å². The smallest absolute Gasteiger partial charge is 0.234 e. The van der Waals surface area contributed by atoms with Crippen molar-refractivity contribution in [3.05, 3.63) is 29.8 Å². The van der Waals surface area contributed by atoms with Crippen molar-refractivity contribution in [2.45, 2.75) is 18.4 Å². The van der Waals surface area contributed by atoms with E-state index in [9.17, 15) is 13.2 Å². The van der Waals surface area contributed by atoms with Gasteiger partial charge in [0, 0.05) is 19.6 Å². The minimum atomic E-state index is -3.36. The largest absolute Gasteiger partial charge is 0.355 e. The van der Waals surface area contributed by atoms with Gasteiger partial charge in [-0.25, -0.2) is 8.42 Å². The molecule has 0 bridgehead atoms. The second-order valence-corrected chi connectivity index (χ2v) is 6.97. The zero-order chi connectivity index (χ0) is 15.9. The Labute approximate surface area is 126 Å². The summed E-state index contributed by atoms with van der Waals surface area (Å²) in [4.78, 5) is 13.4. The molecule has 0 aliphatic rings. The fourth-order valence-electron chi connectivity index (χ4n) is 1.84. The molecule has 0 aromatic heterocycles. The summed E-state index contributed by atoms with van der Waals surface area (Å²) in [5.74, 6) is -0.140. The molecule has 3 N–H and O–H groups in total. The first kappa shape index (κ1) is 17.6. The molecule has 0 saturated heterocycles. The predicted molar refractivity (Wildman–Crippen MR) is 82.6 cm³/mol. The lowest BCUT2D eigenvalue weighted by molar-refractivity contribution is -0.121. The lowest BCUT2D eigenvalue weighted by atomic mass is 10.2. The maximum absolute atomic E-state index is 12.2. The Morgan fingerprint density at radius 3 is 2.71 bits per heavy atom. The van der Waals surface area contributed by atoms with E-state index in [1.54, 1.807) is 36.2 Å². The van der Waals surface area contributed by atoms with Crippen LogP contribution in [0.1, 0.15) is 12.5 Å². The molecule has 1 aromatic carbocycles. The van der Waals surface area contributed by atoms with Crippen LogP contribution in [0.2, 0.25) is 0 Å². The topological polar surface area (TPSA) is 92.5 Å². The molecule has 0 aliphatic carbocycles. The van der Waals surface area contributed by atoms with E-state index in [1.165, 1.54) is 0 Å². The van der Waals surface area contributed by atoms with Crippen LogP contribution in [0.15, 0.2) is 29.2 Å². The molecule has 0 heterocycles. The highest BCUT2D eigenvalue weighted by molar-refractivity contribution is 7.91. The first-order valence-corrected chi connectivity index (χ1v) is 8.51. The van der Waals surface area contributed by atoms with Crippen molar-refractivity contribution >= 4 is 15.7 Å². The van der Waals surface area contributed by atoms with Crippen molar-refractivity contribution < 1.29 is 13.2 Å². The van der Waals surface area contributed by atoms with Crippen LogP contribution in [0.25, 0.3) is 0 Å². The summed E-state index contributed by atoms with van der Waals surface area (Å²) in [5, 5.41) is 2.68. The average molecular weight is 313 g/mol. The molecule has 0 atom stereocenters. The molecule has 0 spiro atoms. The van der Waals surface area contributed by atoms with Gasteiger partial charge in [0.05, 0.1) is 17.2 Å². The Balaban J connectivity index is 2.62. The number of likely N-dealkylation sites (N-methyl/N-ethyl adjacent to an activating group) is 2. The number of carbonyl (C=O) groups is 1. The minimum Gasteiger partial charge on any atom is -0.355 e. The second kappa shape index (κ2) is 8.11. The summed E-state index contributed by atoms with van der Waals surface area (Å²) in [6, 6.07) is 6.64. The van der Waals surface area contributed by atoms with E-state index in [-0.39, 0.29) is 23.1 Å². The fraction of sp³-hybridized carbons (Fsp3) is 0.500. The Kier molecular flexibility index (Phi) is 6.80. The van der Waals surface area contributed by atoms with Crippen molar-refractivity contribution in [1.29, 1.82) is 0 Å². The molecule has 0 fully saturated rings. The third-order valence-corrected chi connectivity index (χ3v) is 4.71. The van der Waals surface area contributed by atoms with Crippen molar-refractivity contribution in [3.8, 4) is 0 Å². The Hall–Kier alpha value is -1.44. The average Bonchev–Trinajstić information content (AvgIpc) is 2.45. The molecule has 1 rings (SSSR count). The van der Waals surface area contributed by atoms with E-state index in [2.05, 4.69) is 5.32 Å². The number of sulfone groups is 1. The number of hydrogen-bond donors (Lipinski definition) is 2. The normalized spacial score (nSPS) is 11.6. The van der Waals surface area contributed by atoms with Crippen molar-refractivity contribution in [1.82, 2.24) is 10.2 Å². The lowest BCUT2D eigenvalue weighted by Gasteiger charge is -2.16. The van der Waals surface area contributed by atoms with Gasteiger partial charge in [0.2, 0.25) is 5.91 Å². The van der Waals surface area contributed by atoms with Crippen LogP contribution in [-0.2, 0) is 21.2 Å². The molecule has 0 radical (unpaired) electrons. The predicted octanol–water partition coefficient (Wildman–Crippen LogP) is -0.0131. The monoisotopic (exact) mass is 313 g/mol. The van der Waals surface area contributed by atoms with E-state index in [4.69, 9.17) is 5.73 Å². The van der Waals surface area contributed by atoms with Gasteiger partial charge in [-0.05, 0) is 31.7 Å². The van der Waals surface area contributed by atoms with E-state index >= 15 is 0 Å². The van der Waals surface area contributed by atoms with E-state index in [0.717, 1.165) is 5.56 Å². The van der Waals surface area contributed by atoms with Gasteiger partial charge in [-0.3, -0.25) is 9.69 Å². The van der Waals surface area contributed by atoms with E-state index in [1.807, 2.05) is 6.92 Å². The van der Waals surface area contributed by atoms with E-state index in [0.29, 0.717) is 19.6 Å². The summed E-state index contributed by atoms with van der Waals surface area (Å²) in [6.07, 6.45) is 0. The van der Waals surface area contributed by atoms with Gasteiger partial charge in [-0.2, -0.15) is 0 Å². The third-order valence-electron chi connectivity index (χ3n) is 3.02. The molecule has 21 heavy (non-hydrogen) atoms. The van der Waals surface area contributed by atoms with Crippen molar-refractivity contribution in [2.75, 3.05) is 32.4 Å². The van der Waals surface area contributed by atoms with Gasteiger partial charge in [-0.15, -0.1) is 0 Å². The summed E-state index contributed by atoms with van der Waals surface area (Å²) in [6.45, 7) is 3.20. The van der Waals surface area contributed by atoms with Gasteiger partial charge in [0.1, 0.15) is 0 Å². The summed E-state index contributed by atoms with van der Waals surface area (Å²) in [5.41, 5.74) is 6.30. The Morgan fingerprint density at radius 1 is 1.38 bits per heavy atom. The molecule has 118 valence electrons. The summed E-state index contributed by atoms with van der Waals surface area (Å²) >= 11 is 0. The first-order valence-electron chi connectivity index (χ1n) is 6.86. The van der Waals surface area contributed by atoms with Crippen LogP contribution in [0.3, 0.4) is 0 Å². The molecule has 0 unspecified atom stereocenters. The molecular weight excluding hydrogens is 290 g/mol. The van der Waals surface area contributed by atoms with Gasteiger partial charge in [0.15, 0.2) is 9.84 Å². The molecule has 7 heteroatoms. The quantitative estimate of drug-likeness (QED) is 0.704. The van der Waals surface area contributed by atoms with Gasteiger partial charge < -0.3 is 11.1 Å². The Morgan fingerprint density at radius 2 is 2.10 bits per heavy atom. The standard InChI is InChI=1S/C14H23N3O3S/c1-3-16-14(18)11-17(2)7-8-21(19,20)13-6-4-5-12(9-13)10-15/h4-6,9H,3,7-8,10-11,15H2,1-2H3,(H,16,18). The van der Waals surface area contributed by atoms with Crippen LogP contribution in [0.5, 0.6) is 0 Å². The van der Waals surface area contributed by atoms with Crippen LogP contribution in [0, 0.1) is 0 Å².